The largest absolute Gasteiger partial charge is 0.392 e. The van der Waals surface area contributed by atoms with Gasteiger partial charge in [-0.05, 0) is 90.9 Å². The highest BCUT2D eigenvalue weighted by atomic mass is 32.2. The van der Waals surface area contributed by atoms with Crippen molar-refractivity contribution in [2.75, 3.05) is 19.6 Å². The summed E-state index contributed by atoms with van der Waals surface area (Å²) in [5.41, 5.74) is 7.56. The van der Waals surface area contributed by atoms with Crippen LogP contribution < -0.4 is 10.0 Å². The van der Waals surface area contributed by atoms with E-state index in [2.05, 4.69) is 39.2 Å². The molecule has 2 aliphatic rings. The van der Waals surface area contributed by atoms with E-state index in [1.807, 2.05) is 85.8 Å². The number of benzene rings is 5. The van der Waals surface area contributed by atoms with Gasteiger partial charge in [-0.1, -0.05) is 121 Å². The van der Waals surface area contributed by atoms with Crippen molar-refractivity contribution in [2.24, 2.45) is 0 Å². The van der Waals surface area contributed by atoms with Crippen LogP contribution in [0.3, 0.4) is 0 Å². The van der Waals surface area contributed by atoms with E-state index in [4.69, 9.17) is 9.47 Å². The lowest BCUT2D eigenvalue weighted by atomic mass is 9.98. The predicted molar refractivity (Wildman–Crippen MR) is 218 cm³/mol. The molecule has 0 aliphatic carbocycles. The van der Waals surface area contributed by atoms with Crippen LogP contribution in [0, 0.1) is 6.92 Å². The number of aliphatic hydroxyl groups is 1. The van der Waals surface area contributed by atoms with Crippen LogP contribution in [0.25, 0.3) is 11.1 Å². The lowest BCUT2D eigenvalue weighted by Gasteiger charge is -2.39. The molecule has 5 aromatic rings. The number of piperidine rings is 1. The number of aliphatic hydroxyl groups excluding tert-OH is 1. The maximum Gasteiger partial charge on any atom is 0.241 e. The number of likely N-dealkylation sites (tertiary alicyclic amines) is 1. The van der Waals surface area contributed by atoms with Crippen LogP contribution in [0.4, 0.5) is 0 Å². The van der Waals surface area contributed by atoms with E-state index < -0.39 is 28.3 Å². The average molecular weight is 774 g/mol. The summed E-state index contributed by atoms with van der Waals surface area (Å²) in [7, 11) is -3.95. The third-order valence-corrected chi connectivity index (χ3v) is 12.2. The van der Waals surface area contributed by atoms with Crippen LogP contribution in [-0.2, 0) is 43.9 Å². The Morgan fingerprint density at radius 3 is 2.18 bits per heavy atom. The summed E-state index contributed by atoms with van der Waals surface area (Å²) in [5, 5.41) is 12.5. The number of aryl methyl sites for hydroxylation is 1. The molecule has 292 valence electrons. The normalized spacial score (nSPS) is 19.6. The molecule has 3 N–H and O–H groups in total. The number of ether oxygens (including phenoxy) is 2. The summed E-state index contributed by atoms with van der Waals surface area (Å²) in [6.45, 7) is 5.19. The molecule has 4 atom stereocenters. The quantitative estimate of drug-likeness (QED) is 0.108. The third-order valence-electron chi connectivity index (χ3n) is 10.7. The molecule has 2 fully saturated rings. The molecule has 2 saturated heterocycles. The first-order valence-corrected chi connectivity index (χ1v) is 21.0. The van der Waals surface area contributed by atoms with Crippen molar-refractivity contribution in [1.82, 2.24) is 14.9 Å². The van der Waals surface area contributed by atoms with E-state index in [1.54, 1.807) is 24.3 Å². The highest BCUT2D eigenvalue weighted by Crippen LogP contribution is 2.39. The van der Waals surface area contributed by atoms with Crippen LogP contribution in [-0.4, -0.2) is 56.1 Å². The zero-order valence-corrected chi connectivity index (χ0v) is 32.7. The number of carbonyl (C=O) groups is 1. The summed E-state index contributed by atoms with van der Waals surface area (Å²) in [5.74, 6) is -0.409. The molecule has 2 aliphatic heterocycles. The molecular formula is C46H51N3O6S. The zero-order chi connectivity index (χ0) is 38.9. The Morgan fingerprint density at radius 1 is 0.768 bits per heavy atom. The topological polar surface area (TPSA) is 117 Å². The predicted octanol–water partition coefficient (Wildman–Crippen LogP) is 7.39. The lowest BCUT2D eigenvalue weighted by Crippen LogP contribution is -2.47. The number of nitrogens with one attached hydrogen (secondary N) is 2. The number of nitrogens with zero attached hydrogens (tertiary/aromatic N) is 1. The molecule has 9 nitrogen and oxygen atoms in total. The summed E-state index contributed by atoms with van der Waals surface area (Å²) in [4.78, 5) is 16.2. The molecule has 0 radical (unpaired) electrons. The SMILES string of the molecule is Cc1ccc(S(=O)(=O)NC(Cc2ccccc2)C(=O)NCc2cccc(-c3ccc(C4OC(CN5CCCCC5)CC(c5ccc(CO)cc5)O4)cc3)c2)cc1. The number of rotatable bonds is 14. The second-order valence-corrected chi connectivity index (χ2v) is 16.6. The Balaban J connectivity index is 1.03. The van der Waals surface area contributed by atoms with Crippen molar-refractivity contribution >= 4 is 15.9 Å². The Kier molecular flexibility index (Phi) is 13.1. The van der Waals surface area contributed by atoms with Gasteiger partial charge in [-0.2, -0.15) is 4.72 Å². The second-order valence-electron chi connectivity index (χ2n) is 14.9. The van der Waals surface area contributed by atoms with Gasteiger partial charge < -0.3 is 24.8 Å². The zero-order valence-electron chi connectivity index (χ0n) is 31.8. The fourth-order valence-corrected chi connectivity index (χ4v) is 8.67. The first kappa shape index (κ1) is 39.6. The van der Waals surface area contributed by atoms with Gasteiger partial charge in [0.25, 0.3) is 0 Å². The molecule has 1 amide bonds. The Labute approximate surface area is 330 Å². The molecule has 2 heterocycles. The summed E-state index contributed by atoms with van der Waals surface area (Å²) >= 11 is 0. The Morgan fingerprint density at radius 2 is 1.46 bits per heavy atom. The van der Waals surface area contributed by atoms with Crippen LogP contribution in [0.5, 0.6) is 0 Å². The van der Waals surface area contributed by atoms with Gasteiger partial charge >= 0.3 is 0 Å². The van der Waals surface area contributed by atoms with Gasteiger partial charge in [0, 0.05) is 25.1 Å². The highest BCUT2D eigenvalue weighted by molar-refractivity contribution is 7.89. The maximum atomic E-state index is 13.6. The Bertz CT molecular complexity index is 2140. The summed E-state index contributed by atoms with van der Waals surface area (Å²) in [6, 6.07) is 39.1. The monoisotopic (exact) mass is 773 g/mol. The average Bonchev–Trinajstić information content (AvgIpc) is 3.23. The van der Waals surface area contributed by atoms with E-state index in [-0.39, 0.29) is 36.7 Å². The molecule has 0 spiro atoms. The van der Waals surface area contributed by atoms with Crippen LogP contribution in [0.15, 0.2) is 132 Å². The first-order chi connectivity index (χ1) is 27.2. The van der Waals surface area contributed by atoms with Gasteiger partial charge in [0.1, 0.15) is 6.04 Å². The molecule has 0 aromatic heterocycles. The van der Waals surface area contributed by atoms with Crippen molar-refractivity contribution < 1.29 is 27.8 Å². The molecule has 4 unspecified atom stereocenters. The molecule has 0 saturated carbocycles. The van der Waals surface area contributed by atoms with Crippen molar-refractivity contribution in [3.63, 3.8) is 0 Å². The van der Waals surface area contributed by atoms with Gasteiger partial charge in [0.05, 0.1) is 23.7 Å². The second kappa shape index (κ2) is 18.5. The van der Waals surface area contributed by atoms with Crippen molar-refractivity contribution in [3.8, 4) is 11.1 Å². The summed E-state index contributed by atoms with van der Waals surface area (Å²) in [6.07, 6.45) is 4.05. The fourth-order valence-electron chi connectivity index (χ4n) is 7.48. The highest BCUT2D eigenvalue weighted by Gasteiger charge is 2.33. The molecule has 56 heavy (non-hydrogen) atoms. The number of hydrogen-bond donors (Lipinski definition) is 3. The minimum Gasteiger partial charge on any atom is -0.392 e. The van der Waals surface area contributed by atoms with Crippen LogP contribution in [0.2, 0.25) is 0 Å². The molecular weight excluding hydrogens is 723 g/mol. The van der Waals surface area contributed by atoms with Crippen molar-refractivity contribution in [2.45, 2.75) is 81.6 Å². The number of amides is 1. The van der Waals surface area contributed by atoms with Gasteiger partial charge in [-0.15, -0.1) is 0 Å². The van der Waals surface area contributed by atoms with Crippen LogP contribution in [0.1, 0.15) is 71.5 Å². The van der Waals surface area contributed by atoms with Gasteiger partial charge in [0.2, 0.25) is 15.9 Å². The smallest absolute Gasteiger partial charge is 0.241 e. The standard InChI is InChI=1S/C46H51N3O6S/c1-33-13-23-42(24-14-33)56(52,53)48-43(28-34-9-4-2-5-10-34)45(51)47-30-36-11-8-12-40(27-36)37-19-21-39(22-20-37)46-54-41(31-49-25-6-3-7-26-49)29-44(55-46)38-17-15-35(32-50)16-18-38/h2,4-5,8-24,27,41,43-44,46,48,50H,3,6-7,25-26,28-32H2,1H3,(H,47,51). The Hall–Kier alpha value is -4.68. The molecule has 0 bridgehead atoms. The van der Waals surface area contributed by atoms with Crippen molar-refractivity contribution in [1.29, 1.82) is 0 Å². The van der Waals surface area contributed by atoms with Gasteiger partial charge in [-0.3, -0.25) is 4.79 Å². The minimum absolute atomic E-state index is 0.00707. The molecule has 7 rings (SSSR count). The lowest BCUT2D eigenvalue weighted by molar-refractivity contribution is -0.253. The molecule has 5 aromatic carbocycles. The van der Waals surface area contributed by atoms with E-state index >= 15 is 0 Å². The van der Waals surface area contributed by atoms with Gasteiger partial charge in [-0.25, -0.2) is 8.42 Å². The maximum absolute atomic E-state index is 13.6. The van der Waals surface area contributed by atoms with E-state index in [9.17, 15) is 18.3 Å². The fraction of sp³-hybridized carbons (Fsp3) is 0.326. The summed E-state index contributed by atoms with van der Waals surface area (Å²) < 4.78 is 42.5. The first-order valence-electron chi connectivity index (χ1n) is 19.6. The van der Waals surface area contributed by atoms with E-state index in [1.165, 1.54) is 19.3 Å². The minimum atomic E-state index is -3.95. The third kappa shape index (κ3) is 10.4. The number of carbonyl (C=O) groups excluding carboxylic acids is 1. The number of sulfonamides is 1. The van der Waals surface area contributed by atoms with Gasteiger partial charge in [0.15, 0.2) is 6.29 Å². The van der Waals surface area contributed by atoms with Crippen LogP contribution >= 0.6 is 0 Å². The number of hydrogen-bond acceptors (Lipinski definition) is 7. The van der Waals surface area contributed by atoms with E-state index in [0.29, 0.717) is 0 Å². The van der Waals surface area contributed by atoms with E-state index in [0.717, 1.165) is 70.6 Å². The molecule has 10 heteroatoms. The van der Waals surface area contributed by atoms with Crippen molar-refractivity contribution in [3.05, 3.63) is 161 Å².